The fourth-order valence-electron chi connectivity index (χ4n) is 0.771. The van der Waals surface area contributed by atoms with Crippen molar-refractivity contribution in [3.8, 4) is 0 Å². The predicted molar refractivity (Wildman–Crippen MR) is 53.6 cm³/mol. The van der Waals surface area contributed by atoms with Crippen molar-refractivity contribution in [1.82, 2.24) is 4.98 Å². The van der Waals surface area contributed by atoms with Crippen LogP contribution in [-0.2, 0) is 0 Å². The number of carbonyl (C=O) groups is 1. The molecule has 0 spiro atoms. The minimum atomic E-state index is 0.0237. The van der Waals surface area contributed by atoms with E-state index in [1.165, 1.54) is 11.3 Å². The van der Waals surface area contributed by atoms with E-state index in [2.05, 4.69) is 27.5 Å². The van der Waals surface area contributed by atoms with Crippen molar-refractivity contribution in [2.75, 3.05) is 0 Å². The highest BCUT2D eigenvalue weighted by Crippen LogP contribution is 2.22. The lowest BCUT2D eigenvalue weighted by Gasteiger charge is -1.95. The van der Waals surface area contributed by atoms with E-state index in [4.69, 9.17) is 0 Å². The molecule has 0 saturated heterocycles. The molecule has 0 aliphatic carbocycles. The first-order valence-electron chi connectivity index (χ1n) is 3.38. The first-order valence-corrected chi connectivity index (χ1v) is 5.05. The van der Waals surface area contributed by atoms with Crippen molar-refractivity contribution in [1.29, 1.82) is 0 Å². The second-order valence-electron chi connectivity index (χ2n) is 2.53. The van der Waals surface area contributed by atoms with Crippen LogP contribution in [0.15, 0.2) is 21.4 Å². The molecule has 0 N–H and O–H groups in total. The van der Waals surface area contributed by atoms with Gasteiger partial charge in [0.25, 0.3) is 0 Å². The summed E-state index contributed by atoms with van der Waals surface area (Å²) >= 11 is 4.68. The van der Waals surface area contributed by atoms with E-state index < -0.39 is 0 Å². The molecule has 1 aromatic rings. The zero-order valence-electron chi connectivity index (χ0n) is 6.63. The largest absolute Gasteiger partial charge is 0.292 e. The van der Waals surface area contributed by atoms with Crippen molar-refractivity contribution in [3.63, 3.8) is 0 Å². The van der Waals surface area contributed by atoms with Gasteiger partial charge in [0.15, 0.2) is 5.78 Å². The van der Waals surface area contributed by atoms with E-state index in [0.717, 1.165) is 9.36 Å². The van der Waals surface area contributed by atoms with Gasteiger partial charge in [0.05, 0.1) is 5.51 Å². The van der Waals surface area contributed by atoms with Gasteiger partial charge in [-0.1, -0.05) is 12.2 Å². The summed E-state index contributed by atoms with van der Waals surface area (Å²) in [5.41, 5.74) is 3.03. The van der Waals surface area contributed by atoms with E-state index in [1.807, 2.05) is 6.92 Å². The van der Waals surface area contributed by atoms with Gasteiger partial charge >= 0.3 is 0 Å². The molecule has 0 aromatic carbocycles. The molecule has 0 bridgehead atoms. The zero-order valence-corrected chi connectivity index (χ0v) is 9.04. The predicted octanol–water partition coefficient (Wildman–Crippen LogP) is 3.05. The van der Waals surface area contributed by atoms with E-state index in [1.54, 1.807) is 5.51 Å². The van der Waals surface area contributed by atoms with Crippen molar-refractivity contribution >= 4 is 33.0 Å². The molecule has 0 radical (unpaired) electrons. The normalized spacial score (nSPS) is 9.83. The van der Waals surface area contributed by atoms with Crippen LogP contribution < -0.4 is 0 Å². The lowest BCUT2D eigenvalue weighted by molar-refractivity contribution is 0.0988. The molecule has 0 amide bonds. The minimum Gasteiger partial charge on any atom is -0.292 e. The van der Waals surface area contributed by atoms with Crippen molar-refractivity contribution < 1.29 is 4.79 Å². The lowest BCUT2D eigenvalue weighted by Crippen LogP contribution is -1.99. The van der Waals surface area contributed by atoms with Crippen LogP contribution in [0, 0.1) is 0 Å². The maximum Gasteiger partial charge on any atom is 0.187 e. The number of allylic oxidation sites excluding steroid dienone is 1. The maximum absolute atomic E-state index is 11.4. The summed E-state index contributed by atoms with van der Waals surface area (Å²) in [7, 11) is 0. The van der Waals surface area contributed by atoms with Crippen LogP contribution in [0.1, 0.15) is 23.8 Å². The maximum atomic E-state index is 11.4. The van der Waals surface area contributed by atoms with Gasteiger partial charge in [-0.25, -0.2) is 4.98 Å². The van der Waals surface area contributed by atoms with Gasteiger partial charge in [-0.3, -0.25) is 4.79 Å². The molecule has 0 atom stereocenters. The standard InChI is InChI=1S/C8H8BrNOS/c1-5(2)3-6(11)7-8(9)12-4-10-7/h4H,1,3H2,2H3. The lowest BCUT2D eigenvalue weighted by atomic mass is 10.1. The molecule has 0 unspecified atom stereocenters. The van der Waals surface area contributed by atoms with Crippen molar-refractivity contribution in [2.45, 2.75) is 13.3 Å². The summed E-state index contributed by atoms with van der Waals surface area (Å²) in [4.78, 5) is 15.3. The third-order valence-corrected chi connectivity index (χ3v) is 2.80. The Balaban J connectivity index is 2.78. The number of halogens is 1. The number of hydrogen-bond donors (Lipinski definition) is 0. The number of Topliss-reactive ketones (excluding diaryl/α,β-unsaturated/α-hetero) is 1. The molecule has 1 rings (SSSR count). The third-order valence-electron chi connectivity index (χ3n) is 1.25. The quantitative estimate of drug-likeness (QED) is 0.606. The van der Waals surface area contributed by atoms with E-state index in [0.29, 0.717) is 12.1 Å². The average Bonchev–Trinajstić information content (AvgIpc) is 2.33. The Morgan fingerprint density at radius 2 is 2.50 bits per heavy atom. The van der Waals surface area contributed by atoms with Crippen molar-refractivity contribution in [3.05, 3.63) is 27.1 Å². The highest BCUT2D eigenvalue weighted by atomic mass is 79.9. The molecule has 4 heteroatoms. The first-order chi connectivity index (χ1) is 5.61. The van der Waals surface area contributed by atoms with Crippen LogP contribution >= 0.6 is 27.3 Å². The number of aromatic nitrogens is 1. The van der Waals surface area contributed by atoms with Crippen LogP contribution in [0.25, 0.3) is 0 Å². The second-order valence-corrected chi connectivity index (χ2v) is 4.70. The Kier molecular flexibility index (Phi) is 3.17. The number of nitrogens with zero attached hydrogens (tertiary/aromatic N) is 1. The highest BCUT2D eigenvalue weighted by molar-refractivity contribution is 9.11. The fourth-order valence-corrected chi connectivity index (χ4v) is 1.87. The van der Waals surface area contributed by atoms with Gasteiger partial charge in [-0.05, 0) is 22.9 Å². The zero-order chi connectivity index (χ0) is 9.14. The van der Waals surface area contributed by atoms with Crippen molar-refractivity contribution in [2.24, 2.45) is 0 Å². The smallest absolute Gasteiger partial charge is 0.187 e. The molecule has 2 nitrogen and oxygen atoms in total. The fraction of sp³-hybridized carbons (Fsp3) is 0.250. The summed E-state index contributed by atoms with van der Waals surface area (Å²) in [5, 5.41) is 0. The summed E-state index contributed by atoms with van der Waals surface area (Å²) in [6.45, 7) is 5.51. The van der Waals surface area contributed by atoms with Gasteiger partial charge in [-0.2, -0.15) is 0 Å². The summed E-state index contributed by atoms with van der Waals surface area (Å²) in [6.07, 6.45) is 0.377. The Hall–Kier alpha value is -0.480. The van der Waals surface area contributed by atoms with E-state index >= 15 is 0 Å². The minimum absolute atomic E-state index is 0.0237. The molecule has 0 aliphatic heterocycles. The highest BCUT2D eigenvalue weighted by Gasteiger charge is 2.12. The monoisotopic (exact) mass is 245 g/mol. The topological polar surface area (TPSA) is 30.0 Å². The van der Waals surface area contributed by atoms with E-state index in [-0.39, 0.29) is 5.78 Å². The molecule has 0 aliphatic rings. The number of carbonyl (C=O) groups excluding carboxylic acids is 1. The number of ketones is 1. The Labute approximate surface area is 83.5 Å². The van der Waals surface area contributed by atoms with Gasteiger partial charge in [0, 0.05) is 6.42 Å². The van der Waals surface area contributed by atoms with Crippen LogP contribution in [0.5, 0.6) is 0 Å². The van der Waals surface area contributed by atoms with Gasteiger partial charge in [0.1, 0.15) is 9.48 Å². The molecule has 1 aromatic heterocycles. The molecule has 0 saturated carbocycles. The van der Waals surface area contributed by atoms with Gasteiger partial charge < -0.3 is 0 Å². The molecule has 1 heterocycles. The van der Waals surface area contributed by atoms with E-state index in [9.17, 15) is 4.79 Å². The molecule has 0 fully saturated rings. The average molecular weight is 246 g/mol. The number of rotatable bonds is 3. The third kappa shape index (κ3) is 2.25. The summed E-state index contributed by atoms with van der Waals surface area (Å²) < 4.78 is 0.800. The first kappa shape index (κ1) is 9.61. The summed E-state index contributed by atoms with van der Waals surface area (Å²) in [5.74, 6) is 0.0237. The van der Waals surface area contributed by atoms with Crippen LogP contribution in [0.4, 0.5) is 0 Å². The molecular weight excluding hydrogens is 238 g/mol. The summed E-state index contributed by atoms with van der Waals surface area (Å²) in [6, 6.07) is 0. The van der Waals surface area contributed by atoms with Gasteiger partial charge in [-0.15, -0.1) is 11.3 Å². The molecular formula is C8H8BrNOS. The Bertz CT molecular complexity index is 319. The van der Waals surface area contributed by atoms with Gasteiger partial charge in [0.2, 0.25) is 0 Å². The van der Waals surface area contributed by atoms with Crippen LogP contribution in [0.3, 0.4) is 0 Å². The van der Waals surface area contributed by atoms with Crippen LogP contribution in [-0.4, -0.2) is 10.8 Å². The second kappa shape index (κ2) is 3.96. The molecule has 64 valence electrons. The Morgan fingerprint density at radius 1 is 1.83 bits per heavy atom. The number of hydrogen-bond acceptors (Lipinski definition) is 3. The van der Waals surface area contributed by atoms with Crippen LogP contribution in [0.2, 0.25) is 0 Å². The molecule has 12 heavy (non-hydrogen) atoms. The SMILES string of the molecule is C=C(C)CC(=O)c1ncsc1Br. The number of thiazole rings is 1. The Morgan fingerprint density at radius 3 is 2.92 bits per heavy atom.